The van der Waals surface area contributed by atoms with Gasteiger partial charge >= 0.3 is 0 Å². The molecule has 2 aromatic heterocycles. The molecular weight excluding hydrogens is 272 g/mol. The number of hydrogen-bond donors (Lipinski definition) is 1. The Kier molecular flexibility index (Phi) is 4.33. The van der Waals surface area contributed by atoms with E-state index in [1.54, 1.807) is 12.3 Å². The Morgan fingerprint density at radius 1 is 1.44 bits per heavy atom. The summed E-state index contributed by atoms with van der Waals surface area (Å²) in [7, 11) is 0. The SMILES string of the molecule is CCCc1cc(=O)[nH]c(Sc2ccnc(Cl)n2)n1. The van der Waals surface area contributed by atoms with Crippen molar-refractivity contribution in [2.75, 3.05) is 0 Å². The highest BCUT2D eigenvalue weighted by atomic mass is 35.5. The third-order valence-corrected chi connectivity index (χ3v) is 3.09. The zero-order chi connectivity index (χ0) is 13.0. The molecule has 0 saturated carbocycles. The molecule has 18 heavy (non-hydrogen) atoms. The van der Waals surface area contributed by atoms with E-state index in [1.807, 2.05) is 6.92 Å². The summed E-state index contributed by atoms with van der Waals surface area (Å²) in [5.41, 5.74) is 0.625. The Hall–Kier alpha value is -1.40. The van der Waals surface area contributed by atoms with Gasteiger partial charge in [0.2, 0.25) is 5.28 Å². The molecule has 0 saturated heterocycles. The van der Waals surface area contributed by atoms with Crippen molar-refractivity contribution in [3.63, 3.8) is 0 Å². The Morgan fingerprint density at radius 3 is 3.00 bits per heavy atom. The average Bonchev–Trinajstić information content (AvgIpc) is 2.28. The monoisotopic (exact) mass is 282 g/mol. The second-order valence-electron chi connectivity index (χ2n) is 3.56. The molecule has 5 nitrogen and oxygen atoms in total. The third kappa shape index (κ3) is 3.54. The van der Waals surface area contributed by atoms with Crippen LogP contribution in [0.25, 0.3) is 0 Å². The number of nitrogens with zero attached hydrogens (tertiary/aromatic N) is 3. The van der Waals surface area contributed by atoms with E-state index in [9.17, 15) is 4.79 Å². The van der Waals surface area contributed by atoms with E-state index in [2.05, 4.69) is 19.9 Å². The van der Waals surface area contributed by atoms with Gasteiger partial charge in [-0.25, -0.2) is 15.0 Å². The van der Waals surface area contributed by atoms with Crippen molar-refractivity contribution in [3.8, 4) is 0 Å². The van der Waals surface area contributed by atoms with Crippen molar-refractivity contribution >= 4 is 23.4 Å². The van der Waals surface area contributed by atoms with Gasteiger partial charge in [-0.2, -0.15) is 0 Å². The molecule has 0 bridgehead atoms. The van der Waals surface area contributed by atoms with Crippen LogP contribution in [-0.2, 0) is 6.42 Å². The summed E-state index contributed by atoms with van der Waals surface area (Å²) < 4.78 is 0. The number of aromatic nitrogens is 4. The van der Waals surface area contributed by atoms with E-state index in [0.717, 1.165) is 18.5 Å². The van der Waals surface area contributed by atoms with Gasteiger partial charge in [0.1, 0.15) is 5.03 Å². The molecule has 2 rings (SSSR count). The van der Waals surface area contributed by atoms with Crippen LogP contribution in [-0.4, -0.2) is 19.9 Å². The van der Waals surface area contributed by atoms with Gasteiger partial charge in [0, 0.05) is 18.0 Å². The van der Waals surface area contributed by atoms with Gasteiger partial charge in [-0.3, -0.25) is 4.79 Å². The lowest BCUT2D eigenvalue weighted by Crippen LogP contribution is -2.09. The van der Waals surface area contributed by atoms with Gasteiger partial charge in [0.15, 0.2) is 5.16 Å². The van der Waals surface area contributed by atoms with Gasteiger partial charge in [-0.05, 0) is 35.9 Å². The Balaban J connectivity index is 2.26. The maximum absolute atomic E-state index is 11.5. The van der Waals surface area contributed by atoms with Gasteiger partial charge in [-0.1, -0.05) is 13.3 Å². The van der Waals surface area contributed by atoms with Gasteiger partial charge in [-0.15, -0.1) is 0 Å². The molecule has 0 amide bonds. The lowest BCUT2D eigenvalue weighted by molar-refractivity contribution is 0.814. The topological polar surface area (TPSA) is 71.5 Å². The van der Waals surface area contributed by atoms with Crippen LogP contribution in [0, 0.1) is 0 Å². The molecule has 0 aromatic carbocycles. The molecule has 0 spiro atoms. The minimum absolute atomic E-state index is 0.156. The first-order valence-corrected chi connectivity index (χ1v) is 6.63. The van der Waals surface area contributed by atoms with Crippen molar-refractivity contribution in [1.82, 2.24) is 19.9 Å². The number of hydrogen-bond acceptors (Lipinski definition) is 5. The largest absolute Gasteiger partial charge is 0.301 e. The predicted octanol–water partition coefficient (Wildman–Crippen LogP) is 2.32. The summed E-state index contributed by atoms with van der Waals surface area (Å²) in [5, 5.41) is 1.33. The van der Waals surface area contributed by atoms with E-state index in [4.69, 9.17) is 11.6 Å². The van der Waals surface area contributed by atoms with E-state index >= 15 is 0 Å². The second-order valence-corrected chi connectivity index (χ2v) is 4.91. The van der Waals surface area contributed by atoms with Crippen LogP contribution in [0.2, 0.25) is 5.28 Å². The van der Waals surface area contributed by atoms with Gasteiger partial charge < -0.3 is 4.98 Å². The molecule has 0 aliphatic carbocycles. The number of nitrogens with one attached hydrogen (secondary N) is 1. The number of halogens is 1. The van der Waals surface area contributed by atoms with E-state index in [-0.39, 0.29) is 10.8 Å². The normalized spacial score (nSPS) is 10.6. The maximum Gasteiger partial charge on any atom is 0.251 e. The maximum atomic E-state index is 11.5. The first-order valence-electron chi connectivity index (χ1n) is 5.44. The summed E-state index contributed by atoms with van der Waals surface area (Å²) in [4.78, 5) is 26.3. The van der Waals surface area contributed by atoms with E-state index in [0.29, 0.717) is 10.2 Å². The molecule has 0 unspecified atom stereocenters. The first-order chi connectivity index (χ1) is 8.67. The fraction of sp³-hybridized carbons (Fsp3) is 0.273. The molecule has 0 aliphatic heterocycles. The van der Waals surface area contributed by atoms with Crippen LogP contribution < -0.4 is 5.56 Å². The highest BCUT2D eigenvalue weighted by molar-refractivity contribution is 7.99. The summed E-state index contributed by atoms with van der Waals surface area (Å²) >= 11 is 6.95. The zero-order valence-corrected chi connectivity index (χ0v) is 11.3. The number of rotatable bonds is 4. The van der Waals surface area contributed by atoms with Crippen molar-refractivity contribution in [2.45, 2.75) is 29.9 Å². The molecule has 2 heterocycles. The molecule has 0 atom stereocenters. The van der Waals surface area contributed by atoms with Crippen molar-refractivity contribution < 1.29 is 0 Å². The second kappa shape index (κ2) is 5.97. The lowest BCUT2D eigenvalue weighted by atomic mass is 10.2. The predicted molar refractivity (Wildman–Crippen MR) is 70.0 cm³/mol. The molecule has 0 fully saturated rings. The van der Waals surface area contributed by atoms with Crippen LogP contribution in [0.1, 0.15) is 19.0 Å². The Bertz CT molecular complexity index is 602. The van der Waals surface area contributed by atoms with Crippen LogP contribution in [0.5, 0.6) is 0 Å². The fourth-order valence-electron chi connectivity index (χ4n) is 1.39. The summed E-state index contributed by atoms with van der Waals surface area (Å²) in [5.74, 6) is 0. The standard InChI is InChI=1S/C11H11ClN4OS/c1-2-3-7-6-8(17)15-11(14-7)18-9-4-5-13-10(12)16-9/h4-6H,2-3H2,1H3,(H,14,15,17). The van der Waals surface area contributed by atoms with E-state index in [1.165, 1.54) is 17.8 Å². The quantitative estimate of drug-likeness (QED) is 0.688. The summed E-state index contributed by atoms with van der Waals surface area (Å²) in [6, 6.07) is 3.23. The number of aromatic amines is 1. The lowest BCUT2D eigenvalue weighted by Gasteiger charge is -2.02. The minimum Gasteiger partial charge on any atom is -0.301 e. The first kappa shape index (κ1) is 13.0. The summed E-state index contributed by atoms with van der Waals surface area (Å²) in [6.07, 6.45) is 3.29. The average molecular weight is 283 g/mol. The third-order valence-electron chi connectivity index (χ3n) is 2.08. The Morgan fingerprint density at radius 2 is 2.28 bits per heavy atom. The van der Waals surface area contributed by atoms with Crippen molar-refractivity contribution in [2.24, 2.45) is 0 Å². The fourth-order valence-corrected chi connectivity index (χ4v) is 2.36. The highest BCUT2D eigenvalue weighted by Gasteiger charge is 2.05. The van der Waals surface area contributed by atoms with Crippen LogP contribution >= 0.6 is 23.4 Å². The zero-order valence-electron chi connectivity index (χ0n) is 9.68. The molecule has 94 valence electrons. The molecule has 0 aliphatic rings. The molecule has 1 N–H and O–H groups in total. The number of aryl methyl sites for hydroxylation is 1. The van der Waals surface area contributed by atoms with Crippen LogP contribution in [0.4, 0.5) is 0 Å². The van der Waals surface area contributed by atoms with Crippen molar-refractivity contribution in [1.29, 1.82) is 0 Å². The van der Waals surface area contributed by atoms with Gasteiger partial charge in [0.25, 0.3) is 5.56 Å². The van der Waals surface area contributed by atoms with Gasteiger partial charge in [0.05, 0.1) is 0 Å². The summed E-state index contributed by atoms with van der Waals surface area (Å²) in [6.45, 7) is 2.04. The smallest absolute Gasteiger partial charge is 0.251 e. The number of H-pyrrole nitrogens is 1. The molecular formula is C11H11ClN4OS. The van der Waals surface area contributed by atoms with Crippen molar-refractivity contribution in [3.05, 3.63) is 39.7 Å². The van der Waals surface area contributed by atoms with E-state index < -0.39 is 0 Å². The highest BCUT2D eigenvalue weighted by Crippen LogP contribution is 2.22. The minimum atomic E-state index is -0.156. The van der Waals surface area contributed by atoms with Crippen LogP contribution in [0.15, 0.2) is 33.3 Å². The molecule has 0 radical (unpaired) electrons. The van der Waals surface area contributed by atoms with Crippen LogP contribution in [0.3, 0.4) is 0 Å². The Labute approximate surface area is 113 Å². The molecule has 7 heteroatoms. The molecule has 2 aromatic rings.